The van der Waals surface area contributed by atoms with Gasteiger partial charge in [-0.15, -0.1) is 0 Å². The van der Waals surface area contributed by atoms with Crippen molar-refractivity contribution in [2.75, 3.05) is 85.0 Å². The van der Waals surface area contributed by atoms with Crippen LogP contribution in [0.25, 0.3) is 44.1 Å². The predicted octanol–water partition coefficient (Wildman–Crippen LogP) is 25.7. The number of carbonyl (C=O) groups excluding carboxylic acids is 5. The fourth-order valence-electron chi connectivity index (χ4n) is 24.8. The van der Waals surface area contributed by atoms with Gasteiger partial charge in [-0.25, -0.2) is 24.7 Å². The second kappa shape index (κ2) is 40.6. The lowest BCUT2D eigenvalue weighted by Crippen LogP contribution is -2.55. The summed E-state index contributed by atoms with van der Waals surface area (Å²) in [4.78, 5) is 117. The highest BCUT2D eigenvalue weighted by Gasteiger charge is 2.53. The minimum absolute atomic E-state index is 0. The van der Waals surface area contributed by atoms with Gasteiger partial charge in [0.05, 0.1) is 41.5 Å². The Balaban J connectivity index is 0.000000118. The minimum atomic E-state index is -1.03. The van der Waals surface area contributed by atoms with Crippen molar-refractivity contribution < 1.29 is 52.8 Å². The SMILES string of the molecule is C.CC(=O)c1ccc(N2CCC3(CC2)CC(=O)C3)cc1Oc1cnc2[nH]ccc2c1.CC(=O)c1ccc(N2CCC3(CC2)CC(N2CCC[C@H]2c2ccccc2C(C)C)C3)cc1Oc1cnc2[nH]ccc2c1.CC(=O)c1ccc(N2CCC3(CC2)CC(N2CCC[C@H]2c2ccccc2C(C)C)C3)cc1Oc1cnc2[nH]ccc2c1.O=C1CC2(CCN(c3ccc(C(=O)O)c(Oc4cnc5[nH]ccc5c4)c3)CC2)C1. The number of carboxylic acid groups (broad SMARTS) is 1. The molecule has 740 valence electrons. The standard InChI is InChI=1S/2C36H42N4O2.C23H23N3O3.C22H21N3O4.CH4/c2*1-24(2)30-7-4-5-8-32(30)33-9-6-16-40(33)28-21-36(22-28)13-17-39(18-14-36)27-10-11-31(25(3)41)34(20-27)42-29-19-26-12-15-37-35(26)38-23-29;1-15(27)20-3-2-17(26-8-5-23(6-9-26)12-18(28)13-23)11-21(20)29-19-10-16-4-7-24-22(16)25-14-19;26-16-11-22(12-16)4-7-25(8-5-22)15-1-2-18(21(27)28)19(10-15)29-17-9-14-3-6-23-20(14)24-13-17;/h2*4-5,7-8,10-12,15,19-20,23-24,28,33H,6,9,13-14,16-18,21-22H2,1-3H3,(H,37,38);2-4,7,10-11,14H,5-6,8-9,12-13H2,1H3,(H,24,25);1-3,6,9-10,13H,4-5,7-8,11-12H2,(H,23,24)(H,27,28);1H4/t2*33-;;;/m00.../s1. The summed E-state index contributed by atoms with van der Waals surface area (Å²) in [6.45, 7) is 24.3. The number of aromatic nitrogens is 8. The molecule has 4 spiro atoms. The van der Waals surface area contributed by atoms with Gasteiger partial charge in [-0.2, -0.15) is 0 Å². The average molecular weight is 1920 g/mol. The first-order chi connectivity index (χ1) is 68.8. The van der Waals surface area contributed by atoms with Crippen LogP contribution in [0.1, 0.15) is 272 Å². The number of ketones is 5. The summed E-state index contributed by atoms with van der Waals surface area (Å²) in [6, 6.07) is 59.4. The van der Waals surface area contributed by atoms with Gasteiger partial charge in [0.15, 0.2) is 17.3 Å². The van der Waals surface area contributed by atoms with Gasteiger partial charge in [0.2, 0.25) is 0 Å². The largest absolute Gasteiger partial charge is 0.478 e. The number of rotatable bonds is 22. The molecule has 143 heavy (non-hydrogen) atoms. The number of anilines is 4. The summed E-state index contributed by atoms with van der Waals surface area (Å²) in [6.07, 6.45) is 36.4. The number of nitrogens with zero attached hydrogens (tertiary/aromatic N) is 10. The number of piperidine rings is 4. The lowest BCUT2D eigenvalue weighted by molar-refractivity contribution is -0.134. The lowest BCUT2D eigenvalue weighted by atomic mass is 9.59. The summed E-state index contributed by atoms with van der Waals surface area (Å²) in [7, 11) is 0. The minimum Gasteiger partial charge on any atom is -0.478 e. The van der Waals surface area contributed by atoms with Gasteiger partial charge in [-0.05, 0) is 289 Å². The number of Topliss-reactive ketones (excluding diaryl/α,β-unsaturated/α-hetero) is 5. The molecule has 0 amide bonds. The number of H-pyrrole nitrogens is 4. The second-order valence-corrected chi connectivity index (χ2v) is 42.7. The number of fused-ring (bicyclic) bond motifs is 4. The third-order valence-electron chi connectivity index (χ3n) is 32.8. The molecule has 24 rings (SSSR count). The first-order valence-electron chi connectivity index (χ1n) is 51.3. The third-order valence-corrected chi connectivity index (χ3v) is 32.8. The highest BCUT2D eigenvalue weighted by molar-refractivity contribution is 5.99. The monoisotopic (exact) mass is 1920 g/mol. The van der Waals surface area contributed by atoms with Crippen LogP contribution in [-0.4, -0.2) is 167 Å². The van der Waals surface area contributed by atoms with Crippen molar-refractivity contribution in [1.82, 2.24) is 49.7 Å². The molecule has 10 aliphatic rings. The Labute approximate surface area is 836 Å². The maximum absolute atomic E-state index is 12.4. The Morgan fingerprint density at radius 1 is 0.357 bits per heavy atom. The molecule has 14 aromatic rings. The van der Waals surface area contributed by atoms with Crippen molar-refractivity contribution in [2.45, 2.75) is 220 Å². The third kappa shape index (κ3) is 20.4. The van der Waals surface area contributed by atoms with E-state index in [1.807, 2.05) is 116 Å². The smallest absolute Gasteiger partial charge is 0.339 e. The number of nitrogens with one attached hydrogen (secondary N) is 4. The van der Waals surface area contributed by atoms with Crippen molar-refractivity contribution in [2.24, 2.45) is 21.7 Å². The Kier molecular flexibility index (Phi) is 27.4. The van der Waals surface area contributed by atoms with E-state index < -0.39 is 5.97 Å². The van der Waals surface area contributed by atoms with Crippen molar-refractivity contribution >= 4 is 102 Å². The topological polar surface area (TPSA) is 294 Å². The van der Waals surface area contributed by atoms with E-state index in [0.717, 1.165) is 158 Å². The van der Waals surface area contributed by atoms with Crippen LogP contribution < -0.4 is 38.5 Å². The number of carboxylic acids is 1. The number of benzene rings is 6. The van der Waals surface area contributed by atoms with Crippen molar-refractivity contribution in [3.63, 3.8) is 0 Å². The maximum atomic E-state index is 12.4. The molecule has 25 nitrogen and oxygen atoms in total. The molecular formula is C118H132N14O11. The van der Waals surface area contributed by atoms with Crippen molar-refractivity contribution in [3.8, 4) is 46.0 Å². The van der Waals surface area contributed by atoms with Crippen LogP contribution >= 0.6 is 0 Å². The lowest BCUT2D eigenvalue weighted by Gasteiger charge is -2.56. The van der Waals surface area contributed by atoms with Crippen LogP contribution in [0, 0.1) is 21.7 Å². The van der Waals surface area contributed by atoms with E-state index in [1.54, 1.807) is 75.0 Å². The Morgan fingerprint density at radius 3 is 0.902 bits per heavy atom. The van der Waals surface area contributed by atoms with Crippen LogP contribution in [0.5, 0.6) is 46.0 Å². The predicted molar refractivity (Wildman–Crippen MR) is 563 cm³/mol. The Morgan fingerprint density at radius 2 is 0.629 bits per heavy atom. The van der Waals surface area contributed by atoms with Gasteiger partial charge in [0.25, 0.3) is 0 Å². The molecule has 5 N–H and O–H groups in total. The number of carbonyl (C=O) groups is 6. The summed E-state index contributed by atoms with van der Waals surface area (Å²) in [5.41, 5.74) is 16.9. The molecule has 4 saturated carbocycles. The molecule has 0 radical (unpaired) electrons. The summed E-state index contributed by atoms with van der Waals surface area (Å²) >= 11 is 0. The van der Waals surface area contributed by atoms with E-state index in [1.165, 1.54) is 101 Å². The molecule has 4 aliphatic carbocycles. The molecule has 6 aromatic carbocycles. The van der Waals surface area contributed by atoms with Gasteiger partial charge in [0, 0.05) is 196 Å². The molecule has 0 unspecified atom stereocenters. The van der Waals surface area contributed by atoms with Gasteiger partial charge in [-0.3, -0.25) is 33.8 Å². The van der Waals surface area contributed by atoms with Crippen LogP contribution in [0.15, 0.2) is 219 Å². The van der Waals surface area contributed by atoms with Crippen LogP contribution in [-0.2, 0) is 9.59 Å². The van der Waals surface area contributed by atoms with Crippen molar-refractivity contribution in [3.05, 3.63) is 264 Å². The first kappa shape index (κ1) is 96.7. The fraction of sp³-hybridized carbons (Fsp3) is 0.407. The van der Waals surface area contributed by atoms with E-state index in [2.05, 4.69) is 158 Å². The number of ether oxygens (including phenoxy) is 4. The summed E-state index contributed by atoms with van der Waals surface area (Å²) < 4.78 is 24.6. The van der Waals surface area contributed by atoms with E-state index in [9.17, 15) is 33.9 Å². The first-order valence-corrected chi connectivity index (χ1v) is 51.3. The van der Waals surface area contributed by atoms with Gasteiger partial charge in [0.1, 0.15) is 85.7 Å². The quantitative estimate of drug-likeness (QED) is 0.0394. The molecule has 6 aliphatic heterocycles. The molecule has 6 saturated heterocycles. The number of hydrogen-bond acceptors (Lipinski definition) is 20. The van der Waals surface area contributed by atoms with Gasteiger partial charge >= 0.3 is 5.97 Å². The summed E-state index contributed by atoms with van der Waals surface area (Å²) in [5, 5.41) is 13.4. The summed E-state index contributed by atoms with van der Waals surface area (Å²) in [5.74, 6) is 5.23. The van der Waals surface area contributed by atoms with Gasteiger partial charge in [-0.1, -0.05) is 83.7 Å². The Hall–Kier alpha value is -13.8. The normalized spacial score (nSPS) is 19.6. The van der Waals surface area contributed by atoms with E-state index in [4.69, 9.17) is 18.9 Å². The second-order valence-electron chi connectivity index (χ2n) is 42.7. The maximum Gasteiger partial charge on any atom is 0.339 e. The fourth-order valence-corrected chi connectivity index (χ4v) is 24.8. The van der Waals surface area contributed by atoms with Crippen molar-refractivity contribution in [1.29, 1.82) is 0 Å². The van der Waals surface area contributed by atoms with Crippen LogP contribution in [0.2, 0.25) is 0 Å². The number of pyridine rings is 4. The molecule has 0 bridgehead atoms. The molecular weight excluding hydrogens is 1790 g/mol. The number of aromatic amines is 4. The molecule has 8 aromatic heterocycles. The molecule has 25 heteroatoms. The number of aromatic carboxylic acids is 1. The zero-order chi connectivity index (χ0) is 97.7. The number of likely N-dealkylation sites (tertiary alicyclic amines) is 2. The average Bonchev–Trinajstić information content (AvgIpc) is 1.72. The van der Waals surface area contributed by atoms with E-state index in [-0.39, 0.29) is 41.2 Å². The zero-order valence-electron chi connectivity index (χ0n) is 82.5. The molecule has 10 fully saturated rings. The number of hydrogen-bond donors (Lipinski definition) is 5. The zero-order valence-corrected chi connectivity index (χ0v) is 82.5. The van der Waals surface area contributed by atoms with Crippen LogP contribution in [0.4, 0.5) is 22.7 Å². The molecule has 14 heterocycles. The van der Waals surface area contributed by atoms with E-state index >= 15 is 0 Å². The van der Waals surface area contributed by atoms with E-state index in [0.29, 0.717) is 134 Å². The highest BCUT2D eigenvalue weighted by atomic mass is 16.5. The molecule has 2 atom stereocenters. The van der Waals surface area contributed by atoms with Gasteiger partial charge < -0.3 is 63.6 Å². The van der Waals surface area contributed by atoms with Crippen LogP contribution in [0.3, 0.4) is 0 Å². The highest BCUT2D eigenvalue weighted by Crippen LogP contribution is 2.58. The Bertz CT molecular complexity index is 6620.